The summed E-state index contributed by atoms with van der Waals surface area (Å²) in [7, 11) is 0. The lowest BCUT2D eigenvalue weighted by Gasteiger charge is -1.84. The Bertz CT molecular complexity index is 193. The molecule has 2 N–H and O–H groups in total. The molecule has 0 aliphatic rings. The Morgan fingerprint density at radius 3 is 3.11 bits per heavy atom. The van der Waals surface area contributed by atoms with Crippen molar-refractivity contribution in [1.29, 1.82) is 0 Å². The van der Waals surface area contributed by atoms with Crippen molar-refractivity contribution in [3.8, 4) is 0 Å². The molecule has 1 aromatic heterocycles. The van der Waals surface area contributed by atoms with Crippen LogP contribution in [0.2, 0.25) is 0 Å². The number of primary amides is 1. The van der Waals surface area contributed by atoms with Gasteiger partial charge in [0.05, 0.1) is 12.6 Å². The molecule has 0 unspecified atom stereocenters. The number of hydrogen-bond acceptors (Lipinski definition) is 3. The molecule has 1 amide bonds. The molecule has 4 heteroatoms. The number of rotatable bonds is 2. The summed E-state index contributed by atoms with van der Waals surface area (Å²) in [4.78, 5) is 10.2. The monoisotopic (exact) mass is 126 g/mol. The lowest BCUT2D eigenvalue weighted by molar-refractivity contribution is -0.117. The summed E-state index contributed by atoms with van der Waals surface area (Å²) in [5.41, 5.74) is 4.86. The van der Waals surface area contributed by atoms with E-state index in [1.807, 2.05) is 0 Å². The summed E-state index contributed by atoms with van der Waals surface area (Å²) >= 11 is 0. The van der Waals surface area contributed by atoms with Crippen LogP contribution >= 0.6 is 0 Å². The molecule has 0 spiro atoms. The fourth-order valence-corrected chi connectivity index (χ4v) is 0.505. The van der Waals surface area contributed by atoms with Crippen molar-refractivity contribution >= 4 is 5.91 Å². The highest BCUT2D eigenvalue weighted by atomic mass is 16.5. The van der Waals surface area contributed by atoms with E-state index in [1.165, 1.54) is 6.20 Å². The van der Waals surface area contributed by atoms with Crippen LogP contribution in [-0.4, -0.2) is 11.1 Å². The molecule has 1 rings (SSSR count). The van der Waals surface area contributed by atoms with Gasteiger partial charge < -0.3 is 10.3 Å². The van der Waals surface area contributed by atoms with E-state index >= 15 is 0 Å². The third kappa shape index (κ3) is 1.56. The zero-order valence-corrected chi connectivity index (χ0v) is 4.70. The molecule has 0 atom stereocenters. The van der Waals surface area contributed by atoms with Gasteiger partial charge in [-0.25, -0.2) is 0 Å². The predicted molar refractivity (Wildman–Crippen MR) is 29.4 cm³/mol. The summed E-state index contributed by atoms with van der Waals surface area (Å²) in [5, 5.41) is 3.39. The highest BCUT2D eigenvalue weighted by Crippen LogP contribution is 1.95. The van der Waals surface area contributed by atoms with Crippen LogP contribution < -0.4 is 5.73 Å². The quantitative estimate of drug-likeness (QED) is 0.591. The maximum atomic E-state index is 10.2. The first-order valence-electron chi connectivity index (χ1n) is 2.47. The third-order valence-corrected chi connectivity index (χ3v) is 0.840. The van der Waals surface area contributed by atoms with E-state index < -0.39 is 5.91 Å². The minimum Gasteiger partial charge on any atom is -0.369 e. The normalized spacial score (nSPS) is 9.33. The zero-order chi connectivity index (χ0) is 6.69. The maximum absolute atomic E-state index is 10.2. The van der Waals surface area contributed by atoms with Gasteiger partial charge in [0.2, 0.25) is 5.91 Å². The first kappa shape index (κ1) is 5.81. The van der Waals surface area contributed by atoms with Crippen molar-refractivity contribution in [3.63, 3.8) is 0 Å². The number of aromatic nitrogens is 1. The first-order chi connectivity index (χ1) is 4.29. The number of carbonyl (C=O) groups is 1. The molecule has 0 bridgehead atoms. The molecule has 0 radical (unpaired) electrons. The lowest BCUT2D eigenvalue weighted by atomic mass is 10.3. The number of hydrogen-bond donors (Lipinski definition) is 1. The zero-order valence-electron chi connectivity index (χ0n) is 4.70. The molecular weight excluding hydrogens is 120 g/mol. The van der Waals surface area contributed by atoms with Gasteiger partial charge in [0, 0.05) is 6.07 Å². The lowest BCUT2D eigenvalue weighted by Crippen LogP contribution is -2.12. The van der Waals surface area contributed by atoms with Crippen LogP contribution in [0.4, 0.5) is 0 Å². The molecule has 4 nitrogen and oxygen atoms in total. The van der Waals surface area contributed by atoms with Gasteiger partial charge >= 0.3 is 0 Å². The van der Waals surface area contributed by atoms with Gasteiger partial charge in [-0.3, -0.25) is 4.79 Å². The summed E-state index contributed by atoms with van der Waals surface area (Å²) in [6, 6.07) is 1.60. The average Bonchev–Trinajstić information content (AvgIpc) is 2.15. The van der Waals surface area contributed by atoms with Gasteiger partial charge in [-0.1, -0.05) is 5.16 Å². The van der Waals surface area contributed by atoms with Crippen LogP contribution in [0.3, 0.4) is 0 Å². The Balaban J connectivity index is 2.58. The van der Waals surface area contributed by atoms with Gasteiger partial charge in [-0.2, -0.15) is 0 Å². The molecule has 0 aromatic carbocycles. The van der Waals surface area contributed by atoms with Crippen LogP contribution in [0.25, 0.3) is 0 Å². The molecule has 48 valence electrons. The molecule has 9 heavy (non-hydrogen) atoms. The van der Waals surface area contributed by atoms with E-state index in [9.17, 15) is 4.79 Å². The third-order valence-electron chi connectivity index (χ3n) is 0.840. The van der Waals surface area contributed by atoms with Crippen LogP contribution in [-0.2, 0) is 11.2 Å². The van der Waals surface area contributed by atoms with Gasteiger partial charge in [-0.15, -0.1) is 0 Å². The number of carbonyl (C=O) groups excluding carboxylic acids is 1. The van der Waals surface area contributed by atoms with E-state index in [0.717, 1.165) is 0 Å². The van der Waals surface area contributed by atoms with Crippen molar-refractivity contribution in [2.24, 2.45) is 5.73 Å². The molecule has 0 saturated carbocycles. The second-order valence-electron chi connectivity index (χ2n) is 1.62. The standard InChI is InChI=1S/C5H6N2O2/c6-5(8)3-4-1-2-7-9-4/h1-2H,3H2,(H2,6,8). The topological polar surface area (TPSA) is 69.1 Å². The molecule has 1 aromatic rings. The molecule has 0 saturated heterocycles. The molecule has 0 aliphatic heterocycles. The second kappa shape index (κ2) is 2.30. The van der Waals surface area contributed by atoms with Gasteiger partial charge in [0.25, 0.3) is 0 Å². The van der Waals surface area contributed by atoms with Crippen molar-refractivity contribution in [2.75, 3.05) is 0 Å². The van der Waals surface area contributed by atoms with Crippen molar-refractivity contribution < 1.29 is 9.32 Å². The fourth-order valence-electron chi connectivity index (χ4n) is 0.505. The minimum atomic E-state index is -0.410. The molecule has 0 fully saturated rings. The van der Waals surface area contributed by atoms with Crippen molar-refractivity contribution in [2.45, 2.75) is 6.42 Å². The fraction of sp³-hybridized carbons (Fsp3) is 0.200. The minimum absolute atomic E-state index is 0.125. The van der Waals surface area contributed by atoms with Gasteiger partial charge in [-0.05, 0) is 0 Å². The van der Waals surface area contributed by atoms with Crippen molar-refractivity contribution in [3.05, 3.63) is 18.0 Å². The molecule has 0 aliphatic carbocycles. The molecule has 1 heterocycles. The summed E-state index contributed by atoms with van der Waals surface area (Å²) in [6.07, 6.45) is 1.60. The van der Waals surface area contributed by atoms with E-state index in [2.05, 4.69) is 9.68 Å². The van der Waals surface area contributed by atoms with E-state index in [4.69, 9.17) is 5.73 Å². The Labute approximate surface area is 51.6 Å². The number of nitrogens with zero attached hydrogens (tertiary/aromatic N) is 1. The van der Waals surface area contributed by atoms with Crippen LogP contribution in [0.5, 0.6) is 0 Å². The Kier molecular flexibility index (Phi) is 1.48. The van der Waals surface area contributed by atoms with E-state index in [0.29, 0.717) is 5.76 Å². The average molecular weight is 126 g/mol. The summed E-state index contributed by atoms with van der Waals surface area (Å²) < 4.78 is 4.59. The Morgan fingerprint density at radius 2 is 2.67 bits per heavy atom. The molecular formula is C5H6N2O2. The predicted octanol–water partition coefficient (Wildman–Crippen LogP) is -0.298. The maximum Gasteiger partial charge on any atom is 0.225 e. The van der Waals surface area contributed by atoms with Gasteiger partial charge in [0.1, 0.15) is 5.76 Å². The number of amides is 1. The van der Waals surface area contributed by atoms with Gasteiger partial charge in [0.15, 0.2) is 0 Å². The Hall–Kier alpha value is -1.32. The van der Waals surface area contributed by atoms with E-state index in [1.54, 1.807) is 6.07 Å². The first-order valence-corrected chi connectivity index (χ1v) is 2.47. The van der Waals surface area contributed by atoms with Crippen LogP contribution in [0.15, 0.2) is 16.8 Å². The van der Waals surface area contributed by atoms with Crippen LogP contribution in [0.1, 0.15) is 5.76 Å². The largest absolute Gasteiger partial charge is 0.369 e. The summed E-state index contributed by atoms with van der Waals surface area (Å²) in [6.45, 7) is 0. The SMILES string of the molecule is NC(=O)Cc1ccno1. The Morgan fingerprint density at radius 1 is 1.89 bits per heavy atom. The van der Waals surface area contributed by atoms with Crippen molar-refractivity contribution in [1.82, 2.24) is 5.16 Å². The highest BCUT2D eigenvalue weighted by Gasteiger charge is 1.99. The number of nitrogens with two attached hydrogens (primary N) is 1. The second-order valence-corrected chi connectivity index (χ2v) is 1.62. The summed E-state index contributed by atoms with van der Waals surface area (Å²) in [5.74, 6) is 0.0919. The van der Waals surface area contributed by atoms with Crippen LogP contribution in [0, 0.1) is 0 Å². The smallest absolute Gasteiger partial charge is 0.225 e. The van der Waals surface area contributed by atoms with E-state index in [-0.39, 0.29) is 6.42 Å². The highest BCUT2D eigenvalue weighted by molar-refractivity contribution is 5.75.